The van der Waals surface area contributed by atoms with Crippen LogP contribution in [0, 0.1) is 0 Å². The molecule has 2 aromatic carbocycles. The minimum absolute atomic E-state index is 0.0461. The van der Waals surface area contributed by atoms with Crippen molar-refractivity contribution in [3.63, 3.8) is 0 Å². The van der Waals surface area contributed by atoms with Gasteiger partial charge in [0.15, 0.2) is 6.61 Å². The predicted octanol–water partition coefficient (Wildman–Crippen LogP) is 1.58. The number of amides is 2. The van der Waals surface area contributed by atoms with E-state index in [0.29, 0.717) is 18.0 Å². The molecule has 0 bridgehead atoms. The van der Waals surface area contributed by atoms with Crippen LogP contribution in [0.4, 0.5) is 5.69 Å². The van der Waals surface area contributed by atoms with Gasteiger partial charge in [-0.2, -0.15) is 0 Å². The Morgan fingerprint density at radius 3 is 2.81 bits per heavy atom. The van der Waals surface area contributed by atoms with Crippen molar-refractivity contribution >= 4 is 28.5 Å². The normalized spacial score (nSPS) is 10.5. The van der Waals surface area contributed by atoms with Gasteiger partial charge >= 0.3 is 0 Å². The van der Waals surface area contributed by atoms with Crippen molar-refractivity contribution in [2.45, 2.75) is 13.5 Å². The second-order valence-electron chi connectivity index (χ2n) is 5.55. The van der Waals surface area contributed by atoms with Crippen LogP contribution in [0.1, 0.15) is 6.92 Å². The number of hydrogen-bond donors (Lipinski definition) is 2. The van der Waals surface area contributed by atoms with Crippen LogP contribution in [0.5, 0.6) is 5.75 Å². The summed E-state index contributed by atoms with van der Waals surface area (Å²) in [6.45, 7) is 2.36. The maximum Gasteiger partial charge on any atom is 0.257 e. The van der Waals surface area contributed by atoms with E-state index in [4.69, 9.17) is 4.74 Å². The van der Waals surface area contributed by atoms with Crippen molar-refractivity contribution in [3.8, 4) is 5.75 Å². The van der Waals surface area contributed by atoms with Crippen molar-refractivity contribution in [1.82, 2.24) is 20.3 Å². The molecule has 2 N–H and O–H groups in total. The zero-order valence-electron chi connectivity index (χ0n) is 14.3. The van der Waals surface area contributed by atoms with Gasteiger partial charge in [-0.3, -0.25) is 9.59 Å². The average Bonchev–Trinajstić information content (AvgIpc) is 3.03. The molecule has 3 rings (SSSR count). The smallest absolute Gasteiger partial charge is 0.257 e. The SMILES string of the molecule is CCNC(=O)COc1cccc(NC(=O)Cn2nnc3ccccc32)c1. The van der Waals surface area contributed by atoms with E-state index < -0.39 is 0 Å². The standard InChI is InChI=1S/C18H19N5O3/c1-2-19-18(25)12-26-14-7-5-6-13(10-14)20-17(24)11-23-16-9-4-3-8-15(16)21-22-23/h3-10H,2,11-12H2,1H3,(H,19,25)(H,20,24). The van der Waals surface area contributed by atoms with Crippen molar-refractivity contribution in [3.05, 3.63) is 48.5 Å². The molecule has 0 atom stereocenters. The first kappa shape index (κ1) is 17.4. The highest BCUT2D eigenvalue weighted by atomic mass is 16.5. The van der Waals surface area contributed by atoms with Gasteiger partial charge in [0.05, 0.1) is 5.52 Å². The highest BCUT2D eigenvalue weighted by molar-refractivity contribution is 5.91. The van der Waals surface area contributed by atoms with Crippen molar-refractivity contribution in [2.75, 3.05) is 18.5 Å². The molecule has 0 saturated carbocycles. The number of hydrogen-bond acceptors (Lipinski definition) is 5. The summed E-state index contributed by atoms with van der Waals surface area (Å²) in [5.41, 5.74) is 2.11. The number of nitrogens with one attached hydrogen (secondary N) is 2. The lowest BCUT2D eigenvalue weighted by molar-refractivity contribution is -0.123. The summed E-state index contributed by atoms with van der Waals surface area (Å²) in [6.07, 6.45) is 0. The van der Waals surface area contributed by atoms with Crippen molar-refractivity contribution in [2.24, 2.45) is 0 Å². The van der Waals surface area contributed by atoms with Crippen LogP contribution in [0.15, 0.2) is 48.5 Å². The molecule has 8 nitrogen and oxygen atoms in total. The molecular formula is C18H19N5O3. The van der Waals surface area contributed by atoms with Gasteiger partial charge in [0.1, 0.15) is 17.8 Å². The Hall–Kier alpha value is -3.42. The molecule has 0 unspecified atom stereocenters. The van der Waals surface area contributed by atoms with Gasteiger partial charge in [0.25, 0.3) is 5.91 Å². The maximum atomic E-state index is 12.3. The summed E-state index contributed by atoms with van der Waals surface area (Å²) in [5, 5.41) is 13.5. The number of para-hydroxylation sites is 1. The molecule has 134 valence electrons. The fourth-order valence-electron chi connectivity index (χ4n) is 2.43. The molecule has 0 aliphatic carbocycles. The Balaban J connectivity index is 1.60. The lowest BCUT2D eigenvalue weighted by Crippen LogP contribution is -2.28. The monoisotopic (exact) mass is 353 g/mol. The summed E-state index contributed by atoms with van der Waals surface area (Å²) in [6, 6.07) is 14.3. The van der Waals surface area contributed by atoms with E-state index >= 15 is 0 Å². The van der Waals surface area contributed by atoms with E-state index in [1.165, 1.54) is 0 Å². The van der Waals surface area contributed by atoms with E-state index in [0.717, 1.165) is 11.0 Å². The number of carbonyl (C=O) groups is 2. The molecule has 0 aliphatic heterocycles. The van der Waals surface area contributed by atoms with Crippen LogP contribution in [0.25, 0.3) is 11.0 Å². The molecule has 0 fully saturated rings. The zero-order valence-corrected chi connectivity index (χ0v) is 14.3. The highest BCUT2D eigenvalue weighted by Crippen LogP contribution is 2.17. The Bertz CT molecular complexity index is 922. The molecule has 0 radical (unpaired) electrons. The Morgan fingerprint density at radius 2 is 1.96 bits per heavy atom. The number of rotatable bonds is 7. The fourth-order valence-corrected chi connectivity index (χ4v) is 2.43. The third-order valence-electron chi connectivity index (χ3n) is 3.58. The molecular weight excluding hydrogens is 334 g/mol. The number of anilines is 1. The second kappa shape index (κ2) is 8.11. The zero-order chi connectivity index (χ0) is 18.4. The number of fused-ring (bicyclic) bond motifs is 1. The third-order valence-corrected chi connectivity index (χ3v) is 3.58. The van der Waals surface area contributed by atoms with Gasteiger partial charge in [0, 0.05) is 18.3 Å². The van der Waals surface area contributed by atoms with Crippen LogP contribution in [0.3, 0.4) is 0 Å². The molecule has 2 amide bonds. The van der Waals surface area contributed by atoms with Crippen molar-refractivity contribution in [1.29, 1.82) is 0 Å². The van der Waals surface area contributed by atoms with Crippen molar-refractivity contribution < 1.29 is 14.3 Å². The number of likely N-dealkylation sites (N-methyl/N-ethyl adjacent to an activating group) is 1. The molecule has 1 heterocycles. The van der Waals surface area contributed by atoms with E-state index in [-0.39, 0.29) is 25.0 Å². The first-order valence-electron chi connectivity index (χ1n) is 8.23. The molecule has 8 heteroatoms. The minimum atomic E-state index is -0.235. The fraction of sp³-hybridized carbons (Fsp3) is 0.222. The van der Waals surface area contributed by atoms with Gasteiger partial charge in [-0.15, -0.1) is 5.10 Å². The first-order valence-corrected chi connectivity index (χ1v) is 8.23. The number of aromatic nitrogens is 3. The largest absolute Gasteiger partial charge is 0.484 e. The Labute approximate surface area is 150 Å². The van der Waals surface area contributed by atoms with Crippen LogP contribution in [-0.4, -0.2) is 40.0 Å². The molecule has 0 saturated heterocycles. The highest BCUT2D eigenvalue weighted by Gasteiger charge is 2.09. The summed E-state index contributed by atoms with van der Waals surface area (Å²) in [7, 11) is 0. The predicted molar refractivity (Wildman–Crippen MR) is 96.8 cm³/mol. The lowest BCUT2D eigenvalue weighted by atomic mass is 10.3. The summed E-state index contributed by atoms with van der Waals surface area (Å²) < 4.78 is 6.96. The topological polar surface area (TPSA) is 98.1 Å². The van der Waals surface area contributed by atoms with Gasteiger partial charge in [-0.05, 0) is 31.2 Å². The second-order valence-corrected chi connectivity index (χ2v) is 5.55. The Morgan fingerprint density at radius 1 is 1.12 bits per heavy atom. The number of carbonyl (C=O) groups excluding carboxylic acids is 2. The average molecular weight is 353 g/mol. The summed E-state index contributed by atoms with van der Waals surface area (Å²) >= 11 is 0. The maximum absolute atomic E-state index is 12.3. The third kappa shape index (κ3) is 4.35. The van der Waals surface area contributed by atoms with Crippen LogP contribution in [0.2, 0.25) is 0 Å². The first-order chi connectivity index (χ1) is 12.7. The van der Waals surface area contributed by atoms with Gasteiger partial charge in [0.2, 0.25) is 5.91 Å². The molecule has 3 aromatic rings. The van der Waals surface area contributed by atoms with Crippen LogP contribution in [-0.2, 0) is 16.1 Å². The number of ether oxygens (including phenoxy) is 1. The van der Waals surface area contributed by atoms with E-state index in [9.17, 15) is 9.59 Å². The van der Waals surface area contributed by atoms with Crippen LogP contribution < -0.4 is 15.4 Å². The summed E-state index contributed by atoms with van der Waals surface area (Å²) in [5.74, 6) is 0.0711. The van der Waals surface area contributed by atoms with Gasteiger partial charge < -0.3 is 15.4 Å². The Kier molecular flexibility index (Phi) is 5.43. The molecule has 0 spiro atoms. The van der Waals surface area contributed by atoms with E-state index in [2.05, 4.69) is 20.9 Å². The lowest BCUT2D eigenvalue weighted by Gasteiger charge is -2.09. The van der Waals surface area contributed by atoms with Gasteiger partial charge in [-0.25, -0.2) is 4.68 Å². The van der Waals surface area contributed by atoms with Gasteiger partial charge in [-0.1, -0.05) is 23.4 Å². The number of nitrogens with zero attached hydrogens (tertiary/aromatic N) is 3. The molecule has 0 aliphatic rings. The molecule has 26 heavy (non-hydrogen) atoms. The summed E-state index contributed by atoms with van der Waals surface area (Å²) in [4.78, 5) is 23.7. The minimum Gasteiger partial charge on any atom is -0.484 e. The van der Waals surface area contributed by atoms with E-state index in [1.807, 2.05) is 31.2 Å². The van der Waals surface area contributed by atoms with E-state index in [1.54, 1.807) is 28.9 Å². The molecule has 1 aromatic heterocycles. The number of benzene rings is 2. The quantitative estimate of drug-likeness (QED) is 0.672. The van der Waals surface area contributed by atoms with Crippen LogP contribution >= 0.6 is 0 Å².